The van der Waals surface area contributed by atoms with E-state index in [1.54, 1.807) is 0 Å². The Morgan fingerprint density at radius 1 is 1.22 bits per heavy atom. The summed E-state index contributed by atoms with van der Waals surface area (Å²) in [7, 11) is 0. The Labute approximate surface area is 118 Å². The molecule has 4 nitrogen and oxygen atoms in total. The van der Waals surface area contributed by atoms with Crippen molar-refractivity contribution in [2.45, 2.75) is 46.6 Å². The van der Waals surface area contributed by atoms with Crippen LogP contribution in [0.3, 0.4) is 0 Å². The summed E-state index contributed by atoms with van der Waals surface area (Å²) in [5.74, 6) is 1.63. The lowest BCUT2D eigenvalue weighted by Crippen LogP contribution is -2.13. The van der Waals surface area contributed by atoms with E-state index in [2.05, 4.69) is 52.0 Å². The van der Waals surface area contributed by atoms with E-state index in [9.17, 15) is 0 Å². The predicted molar refractivity (Wildman–Crippen MR) is 77.9 cm³/mol. The number of rotatable bonds is 7. The van der Waals surface area contributed by atoms with Crippen molar-refractivity contribution in [3.05, 3.63) is 16.0 Å². The van der Waals surface area contributed by atoms with Crippen molar-refractivity contribution in [1.29, 1.82) is 0 Å². The highest BCUT2D eigenvalue weighted by Crippen LogP contribution is 2.27. The standard InChI is InChI=1S/C13H22BrN3O/c1-5-9-11(14)13(15-7-3)17-12(16-9)10(6-2)18-8-4/h10H,5-8H2,1-4H3,(H,15,16,17). The van der Waals surface area contributed by atoms with Gasteiger partial charge in [-0.25, -0.2) is 9.97 Å². The van der Waals surface area contributed by atoms with Crippen LogP contribution in [0.15, 0.2) is 4.47 Å². The van der Waals surface area contributed by atoms with Crippen LogP contribution >= 0.6 is 15.9 Å². The van der Waals surface area contributed by atoms with E-state index in [1.165, 1.54) is 0 Å². The molecule has 5 heteroatoms. The quantitative estimate of drug-likeness (QED) is 0.833. The number of nitrogens with zero attached hydrogens (tertiary/aromatic N) is 2. The molecule has 0 fully saturated rings. The molecule has 1 heterocycles. The van der Waals surface area contributed by atoms with Crippen molar-refractivity contribution in [2.75, 3.05) is 18.5 Å². The van der Waals surface area contributed by atoms with Crippen molar-refractivity contribution < 1.29 is 4.74 Å². The zero-order valence-electron chi connectivity index (χ0n) is 11.6. The topological polar surface area (TPSA) is 47.0 Å². The Bertz CT molecular complexity index is 385. The number of aromatic nitrogens is 2. The van der Waals surface area contributed by atoms with Crippen molar-refractivity contribution in [2.24, 2.45) is 0 Å². The second-order valence-electron chi connectivity index (χ2n) is 3.93. The van der Waals surface area contributed by atoms with Gasteiger partial charge in [0.05, 0.1) is 10.2 Å². The number of anilines is 1. The van der Waals surface area contributed by atoms with Gasteiger partial charge in [0.2, 0.25) is 0 Å². The largest absolute Gasteiger partial charge is 0.371 e. The molecule has 1 aromatic rings. The van der Waals surface area contributed by atoms with Crippen LogP contribution in [0.1, 0.15) is 51.7 Å². The number of halogens is 1. The van der Waals surface area contributed by atoms with Crippen molar-refractivity contribution in [3.63, 3.8) is 0 Å². The van der Waals surface area contributed by atoms with Crippen LogP contribution in [0.5, 0.6) is 0 Å². The molecule has 1 unspecified atom stereocenters. The molecule has 0 saturated carbocycles. The van der Waals surface area contributed by atoms with Crippen LogP contribution in [-0.4, -0.2) is 23.1 Å². The molecule has 102 valence electrons. The van der Waals surface area contributed by atoms with Crippen LogP contribution in [0, 0.1) is 0 Å². The molecule has 18 heavy (non-hydrogen) atoms. The molecule has 0 radical (unpaired) electrons. The number of hydrogen-bond acceptors (Lipinski definition) is 4. The molecule has 0 saturated heterocycles. The van der Waals surface area contributed by atoms with Crippen LogP contribution < -0.4 is 5.32 Å². The lowest BCUT2D eigenvalue weighted by atomic mass is 10.2. The predicted octanol–water partition coefficient (Wildman–Crippen LogP) is 3.72. The first-order chi connectivity index (χ1) is 8.67. The average Bonchev–Trinajstić information content (AvgIpc) is 2.38. The summed E-state index contributed by atoms with van der Waals surface area (Å²) < 4.78 is 6.64. The van der Waals surface area contributed by atoms with Gasteiger partial charge in [-0.2, -0.15) is 0 Å². The van der Waals surface area contributed by atoms with E-state index < -0.39 is 0 Å². The van der Waals surface area contributed by atoms with Gasteiger partial charge in [-0.05, 0) is 42.6 Å². The van der Waals surface area contributed by atoms with Crippen molar-refractivity contribution in [1.82, 2.24) is 9.97 Å². The van der Waals surface area contributed by atoms with Gasteiger partial charge in [-0.3, -0.25) is 0 Å². The Kier molecular flexibility index (Phi) is 6.57. The Balaban J connectivity index is 3.14. The van der Waals surface area contributed by atoms with Crippen LogP contribution in [0.25, 0.3) is 0 Å². The Morgan fingerprint density at radius 2 is 1.94 bits per heavy atom. The normalized spacial score (nSPS) is 12.5. The second-order valence-corrected chi connectivity index (χ2v) is 4.72. The fourth-order valence-corrected chi connectivity index (χ4v) is 2.35. The monoisotopic (exact) mass is 315 g/mol. The van der Waals surface area contributed by atoms with Gasteiger partial charge < -0.3 is 10.1 Å². The van der Waals surface area contributed by atoms with E-state index in [0.29, 0.717) is 6.61 Å². The minimum absolute atomic E-state index is 0.0224. The SMILES string of the molecule is CCNc1nc(C(CC)OCC)nc(CC)c1Br. The van der Waals surface area contributed by atoms with Gasteiger partial charge in [0.25, 0.3) is 0 Å². The molecular formula is C13H22BrN3O. The molecule has 1 N–H and O–H groups in total. The molecule has 0 spiro atoms. The molecule has 0 amide bonds. The molecule has 1 rings (SSSR count). The molecule has 1 aromatic heterocycles. The van der Waals surface area contributed by atoms with Gasteiger partial charge in [0.15, 0.2) is 5.82 Å². The molecule has 1 atom stereocenters. The maximum absolute atomic E-state index is 5.68. The van der Waals surface area contributed by atoms with Gasteiger partial charge in [-0.15, -0.1) is 0 Å². The van der Waals surface area contributed by atoms with E-state index in [0.717, 1.165) is 41.2 Å². The highest BCUT2D eigenvalue weighted by Gasteiger charge is 2.17. The first-order valence-electron chi connectivity index (χ1n) is 6.59. The lowest BCUT2D eigenvalue weighted by molar-refractivity contribution is 0.0534. The minimum Gasteiger partial charge on any atom is -0.371 e. The highest BCUT2D eigenvalue weighted by atomic mass is 79.9. The van der Waals surface area contributed by atoms with E-state index >= 15 is 0 Å². The van der Waals surface area contributed by atoms with Crippen molar-refractivity contribution >= 4 is 21.7 Å². The smallest absolute Gasteiger partial charge is 0.159 e. The summed E-state index contributed by atoms with van der Waals surface area (Å²) in [4.78, 5) is 9.17. The molecule has 0 bridgehead atoms. The van der Waals surface area contributed by atoms with Gasteiger partial charge in [-0.1, -0.05) is 13.8 Å². The fraction of sp³-hybridized carbons (Fsp3) is 0.692. The summed E-state index contributed by atoms with van der Waals surface area (Å²) in [6, 6.07) is 0. The van der Waals surface area contributed by atoms with Gasteiger partial charge in [0.1, 0.15) is 11.9 Å². The first-order valence-corrected chi connectivity index (χ1v) is 7.38. The van der Waals surface area contributed by atoms with Crippen LogP contribution in [-0.2, 0) is 11.2 Å². The van der Waals surface area contributed by atoms with Crippen LogP contribution in [0.2, 0.25) is 0 Å². The number of aryl methyl sites for hydroxylation is 1. The highest BCUT2D eigenvalue weighted by molar-refractivity contribution is 9.10. The van der Waals surface area contributed by atoms with Gasteiger partial charge >= 0.3 is 0 Å². The summed E-state index contributed by atoms with van der Waals surface area (Å²) >= 11 is 3.56. The van der Waals surface area contributed by atoms with Crippen molar-refractivity contribution in [3.8, 4) is 0 Å². The molecular weight excluding hydrogens is 294 g/mol. The average molecular weight is 316 g/mol. The third-order valence-electron chi connectivity index (χ3n) is 2.64. The molecule has 0 aliphatic carbocycles. The Morgan fingerprint density at radius 3 is 2.44 bits per heavy atom. The maximum Gasteiger partial charge on any atom is 0.159 e. The van der Waals surface area contributed by atoms with E-state index in [4.69, 9.17) is 4.74 Å². The molecule has 0 aromatic carbocycles. The number of ether oxygens (including phenoxy) is 1. The zero-order valence-corrected chi connectivity index (χ0v) is 13.2. The summed E-state index contributed by atoms with van der Waals surface area (Å²) in [6.45, 7) is 9.74. The Hall–Kier alpha value is -0.680. The summed E-state index contributed by atoms with van der Waals surface area (Å²) in [6.07, 6.45) is 1.73. The maximum atomic E-state index is 5.68. The minimum atomic E-state index is -0.0224. The fourth-order valence-electron chi connectivity index (χ4n) is 1.75. The number of hydrogen-bond donors (Lipinski definition) is 1. The lowest BCUT2D eigenvalue weighted by Gasteiger charge is -2.17. The van der Waals surface area contributed by atoms with E-state index in [1.807, 2.05) is 6.92 Å². The zero-order chi connectivity index (χ0) is 13.5. The van der Waals surface area contributed by atoms with Gasteiger partial charge in [0, 0.05) is 13.2 Å². The third kappa shape index (κ3) is 3.65. The van der Waals surface area contributed by atoms with E-state index in [-0.39, 0.29) is 6.10 Å². The first kappa shape index (κ1) is 15.4. The summed E-state index contributed by atoms with van der Waals surface area (Å²) in [5.41, 5.74) is 1.02. The molecule has 0 aliphatic heterocycles. The van der Waals surface area contributed by atoms with Crippen LogP contribution in [0.4, 0.5) is 5.82 Å². The summed E-state index contributed by atoms with van der Waals surface area (Å²) in [5, 5.41) is 3.26. The number of nitrogens with one attached hydrogen (secondary N) is 1. The second kappa shape index (κ2) is 7.69. The molecule has 0 aliphatic rings. The third-order valence-corrected chi connectivity index (χ3v) is 3.48.